The molecule has 0 bridgehead atoms. The zero-order chi connectivity index (χ0) is 19.5. The van der Waals surface area contributed by atoms with E-state index in [4.69, 9.17) is 19.3 Å². The van der Waals surface area contributed by atoms with Crippen LogP contribution in [-0.4, -0.2) is 42.3 Å². The first-order valence-corrected chi connectivity index (χ1v) is 8.28. The molecule has 0 saturated carbocycles. The zero-order valence-corrected chi connectivity index (χ0v) is 15.0. The second-order valence-corrected chi connectivity index (χ2v) is 5.54. The lowest BCUT2D eigenvalue weighted by molar-refractivity contribution is -0.170. The summed E-state index contributed by atoms with van der Waals surface area (Å²) in [5.74, 6) is -2.88. The lowest BCUT2D eigenvalue weighted by atomic mass is 10.1. The van der Waals surface area contributed by atoms with E-state index in [0.717, 1.165) is 5.56 Å². The molecule has 1 rings (SSSR count). The molecule has 7 heteroatoms. The van der Waals surface area contributed by atoms with Crippen LogP contribution in [0.2, 0.25) is 0 Å². The molecule has 26 heavy (non-hydrogen) atoms. The van der Waals surface area contributed by atoms with Crippen molar-refractivity contribution in [2.24, 2.45) is 0 Å². The summed E-state index contributed by atoms with van der Waals surface area (Å²) in [5.41, 5.74) is 0.550. The molecule has 7 nitrogen and oxygen atoms in total. The van der Waals surface area contributed by atoms with E-state index >= 15 is 0 Å². The van der Waals surface area contributed by atoms with Crippen LogP contribution in [0.4, 0.5) is 0 Å². The van der Waals surface area contributed by atoms with Gasteiger partial charge in [0.15, 0.2) is 0 Å². The molecule has 0 aliphatic heterocycles. The van der Waals surface area contributed by atoms with Crippen molar-refractivity contribution in [1.29, 1.82) is 0 Å². The van der Waals surface area contributed by atoms with Gasteiger partial charge in [0, 0.05) is 18.6 Å². The number of rotatable bonds is 11. The number of carboxylic acid groups (broad SMARTS) is 1. The van der Waals surface area contributed by atoms with Crippen molar-refractivity contribution < 1.29 is 33.7 Å². The molecule has 0 aromatic heterocycles. The maximum atomic E-state index is 12.4. The first-order valence-electron chi connectivity index (χ1n) is 8.28. The van der Waals surface area contributed by atoms with Gasteiger partial charge in [-0.15, -0.1) is 0 Å². The molecule has 0 spiro atoms. The van der Waals surface area contributed by atoms with E-state index in [0.29, 0.717) is 6.61 Å². The summed E-state index contributed by atoms with van der Waals surface area (Å²) >= 11 is 0. The Balaban J connectivity index is 2.74. The van der Waals surface area contributed by atoms with Gasteiger partial charge in [-0.1, -0.05) is 36.9 Å². The molecule has 0 aliphatic carbocycles. The van der Waals surface area contributed by atoms with E-state index in [2.05, 4.69) is 6.58 Å². The van der Waals surface area contributed by atoms with Gasteiger partial charge in [0.1, 0.15) is 6.10 Å². The van der Waals surface area contributed by atoms with Gasteiger partial charge in [0.25, 0.3) is 0 Å². The molecule has 0 amide bonds. The van der Waals surface area contributed by atoms with Gasteiger partial charge in [0.2, 0.25) is 6.10 Å². The van der Waals surface area contributed by atoms with Gasteiger partial charge in [-0.2, -0.15) is 0 Å². The number of esters is 2. The fraction of sp³-hybridized carbons (Fsp3) is 0.421. The number of carbonyl (C=O) groups excluding carboxylic acids is 2. The van der Waals surface area contributed by atoms with Crippen LogP contribution in [-0.2, 0) is 28.6 Å². The largest absolute Gasteiger partial charge is 0.481 e. The smallest absolute Gasteiger partial charge is 0.348 e. The normalized spacial score (nSPS) is 12.7. The van der Waals surface area contributed by atoms with Crippen LogP contribution >= 0.6 is 0 Å². The standard InChI is InChI=1S/C19H24O7/c1-4-24-11-10-16(26-18(22)13(2)12-17(20)21)19(23)25-14(3)15-8-6-5-7-9-15/h5-9,14,16H,2,4,10-12H2,1,3H3,(H,20,21). The van der Waals surface area contributed by atoms with Gasteiger partial charge >= 0.3 is 17.9 Å². The second kappa shape index (κ2) is 11.0. The predicted octanol–water partition coefficient (Wildman–Crippen LogP) is 2.66. The van der Waals surface area contributed by atoms with Crippen molar-refractivity contribution in [1.82, 2.24) is 0 Å². The lowest BCUT2D eigenvalue weighted by Gasteiger charge is -2.20. The van der Waals surface area contributed by atoms with Crippen LogP contribution in [0.1, 0.15) is 38.4 Å². The summed E-state index contributed by atoms with van der Waals surface area (Å²) in [5, 5.41) is 8.71. The summed E-state index contributed by atoms with van der Waals surface area (Å²) in [7, 11) is 0. The van der Waals surface area contributed by atoms with E-state index in [9.17, 15) is 14.4 Å². The molecule has 0 aliphatic rings. The third-order valence-corrected chi connectivity index (χ3v) is 3.46. The Morgan fingerprint density at radius 2 is 1.81 bits per heavy atom. The Kier molecular flexibility index (Phi) is 9.08. The fourth-order valence-corrected chi connectivity index (χ4v) is 2.07. The highest BCUT2D eigenvalue weighted by Gasteiger charge is 2.27. The predicted molar refractivity (Wildman–Crippen MR) is 93.3 cm³/mol. The molecule has 1 aromatic carbocycles. The average molecular weight is 364 g/mol. The lowest BCUT2D eigenvalue weighted by Crippen LogP contribution is -2.32. The number of hydrogen-bond acceptors (Lipinski definition) is 6. The van der Waals surface area contributed by atoms with Crippen LogP contribution < -0.4 is 0 Å². The SMILES string of the molecule is C=C(CC(=O)O)C(=O)OC(CCOCC)C(=O)OC(C)c1ccccc1. The minimum absolute atomic E-state index is 0.0975. The first kappa shape index (κ1) is 21.4. The average Bonchev–Trinajstić information content (AvgIpc) is 2.60. The molecular formula is C19H24O7. The summed E-state index contributed by atoms with van der Waals surface area (Å²) in [4.78, 5) is 35.0. The number of carboxylic acids is 1. The molecule has 2 atom stereocenters. The summed E-state index contributed by atoms with van der Waals surface area (Å²) in [6, 6.07) is 9.12. The Bertz CT molecular complexity index is 624. The van der Waals surface area contributed by atoms with Crippen molar-refractivity contribution in [2.45, 2.75) is 38.9 Å². The van der Waals surface area contributed by atoms with Crippen molar-refractivity contribution in [3.05, 3.63) is 48.0 Å². The number of ether oxygens (including phenoxy) is 3. The monoisotopic (exact) mass is 364 g/mol. The molecule has 0 radical (unpaired) electrons. The van der Waals surface area contributed by atoms with Gasteiger partial charge in [0.05, 0.1) is 13.0 Å². The van der Waals surface area contributed by atoms with Crippen LogP contribution in [0.15, 0.2) is 42.5 Å². The number of aliphatic carboxylic acids is 1. The van der Waals surface area contributed by atoms with E-state index in [1.165, 1.54) is 0 Å². The van der Waals surface area contributed by atoms with Gasteiger partial charge < -0.3 is 19.3 Å². The Labute approximate surface area is 152 Å². The molecule has 1 aromatic rings. The second-order valence-electron chi connectivity index (χ2n) is 5.54. The summed E-state index contributed by atoms with van der Waals surface area (Å²) in [6.45, 7) is 7.51. The van der Waals surface area contributed by atoms with E-state index in [1.54, 1.807) is 13.8 Å². The molecular weight excluding hydrogens is 340 g/mol. The molecule has 142 valence electrons. The van der Waals surface area contributed by atoms with Gasteiger partial charge in [-0.25, -0.2) is 9.59 Å². The van der Waals surface area contributed by atoms with Crippen molar-refractivity contribution in [3.8, 4) is 0 Å². The molecule has 1 N–H and O–H groups in total. The maximum Gasteiger partial charge on any atom is 0.348 e. The molecule has 0 heterocycles. The third-order valence-electron chi connectivity index (χ3n) is 3.46. The zero-order valence-electron chi connectivity index (χ0n) is 15.0. The highest BCUT2D eigenvalue weighted by atomic mass is 16.6. The Hall–Kier alpha value is -2.67. The van der Waals surface area contributed by atoms with Gasteiger partial charge in [-0.05, 0) is 19.4 Å². The van der Waals surface area contributed by atoms with Crippen LogP contribution in [0, 0.1) is 0 Å². The molecule has 0 fully saturated rings. The minimum Gasteiger partial charge on any atom is -0.481 e. The fourth-order valence-electron chi connectivity index (χ4n) is 2.07. The summed E-state index contributed by atoms with van der Waals surface area (Å²) < 4.78 is 15.7. The number of hydrogen-bond donors (Lipinski definition) is 1. The molecule has 2 unspecified atom stereocenters. The van der Waals surface area contributed by atoms with E-state index < -0.39 is 36.5 Å². The number of carbonyl (C=O) groups is 3. The highest BCUT2D eigenvalue weighted by molar-refractivity contribution is 5.94. The van der Waals surface area contributed by atoms with Crippen molar-refractivity contribution >= 4 is 17.9 Å². The van der Waals surface area contributed by atoms with Crippen molar-refractivity contribution in [2.75, 3.05) is 13.2 Å². The van der Waals surface area contributed by atoms with Gasteiger partial charge in [-0.3, -0.25) is 4.79 Å². The maximum absolute atomic E-state index is 12.4. The van der Waals surface area contributed by atoms with E-state index in [1.807, 2.05) is 30.3 Å². The summed E-state index contributed by atoms with van der Waals surface area (Å²) in [6.07, 6.45) is -2.20. The Morgan fingerprint density at radius 1 is 1.15 bits per heavy atom. The van der Waals surface area contributed by atoms with Crippen LogP contribution in [0.25, 0.3) is 0 Å². The number of benzene rings is 1. The first-order chi connectivity index (χ1) is 12.3. The quantitative estimate of drug-likeness (QED) is 0.366. The van der Waals surface area contributed by atoms with Crippen LogP contribution in [0.3, 0.4) is 0 Å². The Morgan fingerprint density at radius 3 is 2.38 bits per heavy atom. The minimum atomic E-state index is -1.21. The highest BCUT2D eigenvalue weighted by Crippen LogP contribution is 2.18. The molecule has 0 saturated heterocycles. The topological polar surface area (TPSA) is 99.1 Å². The van der Waals surface area contributed by atoms with Crippen LogP contribution in [0.5, 0.6) is 0 Å². The third kappa shape index (κ3) is 7.48. The van der Waals surface area contributed by atoms with E-state index in [-0.39, 0.29) is 18.6 Å². The van der Waals surface area contributed by atoms with Crippen molar-refractivity contribution in [3.63, 3.8) is 0 Å².